The molecule has 2 rings (SSSR count). The van der Waals surface area contributed by atoms with Crippen LogP contribution in [0.3, 0.4) is 0 Å². The van der Waals surface area contributed by atoms with E-state index in [2.05, 4.69) is 4.90 Å². The van der Waals surface area contributed by atoms with Crippen molar-refractivity contribution >= 4 is 11.4 Å². The van der Waals surface area contributed by atoms with Crippen LogP contribution in [0.5, 0.6) is 0 Å². The maximum absolute atomic E-state index is 12.8. The minimum Gasteiger partial charge on any atom is -0.398 e. The average Bonchev–Trinajstić information content (AvgIpc) is 2.77. The van der Waals surface area contributed by atoms with Gasteiger partial charge in [-0.1, -0.05) is 0 Å². The number of nitrogen functional groups attached to an aromatic ring is 1. The summed E-state index contributed by atoms with van der Waals surface area (Å²) in [7, 11) is 3.97. The minimum atomic E-state index is -4.40. The van der Waals surface area contributed by atoms with Crippen LogP contribution in [0.2, 0.25) is 0 Å². The number of nitrogens with zero attached hydrogens (tertiary/aromatic N) is 2. The molecule has 0 radical (unpaired) electrons. The highest BCUT2D eigenvalue weighted by Crippen LogP contribution is 2.36. The number of alkyl halides is 3. The Balaban J connectivity index is 2.23. The molecule has 3 nitrogen and oxygen atoms in total. The third kappa shape index (κ3) is 2.94. The number of hydrogen-bond acceptors (Lipinski definition) is 3. The van der Waals surface area contributed by atoms with Crippen molar-refractivity contribution in [2.75, 3.05) is 37.8 Å². The zero-order chi connectivity index (χ0) is 14.2. The zero-order valence-electron chi connectivity index (χ0n) is 11.0. The van der Waals surface area contributed by atoms with Gasteiger partial charge in [-0.2, -0.15) is 13.2 Å². The van der Waals surface area contributed by atoms with Gasteiger partial charge >= 0.3 is 6.18 Å². The highest BCUT2D eigenvalue weighted by Gasteiger charge is 2.34. The summed E-state index contributed by atoms with van der Waals surface area (Å²) in [5.41, 5.74) is 5.02. The Morgan fingerprint density at radius 2 is 2.00 bits per heavy atom. The van der Waals surface area contributed by atoms with Gasteiger partial charge in [0.05, 0.1) is 5.56 Å². The Labute approximate surface area is 110 Å². The summed E-state index contributed by atoms with van der Waals surface area (Å²) in [6.45, 7) is 1.51. The molecule has 1 aliphatic heterocycles. The first kappa shape index (κ1) is 14.0. The standard InChI is InChI=1S/C13H18F3N3/c1-18(2)10-5-6-19(8-10)9-3-4-12(17)11(7-9)13(14,15)16/h3-4,7,10H,5-6,8,17H2,1-2H3/t10-/m1/s1. The van der Waals surface area contributed by atoms with Gasteiger partial charge in [0.2, 0.25) is 0 Å². The van der Waals surface area contributed by atoms with Gasteiger partial charge in [0.25, 0.3) is 0 Å². The van der Waals surface area contributed by atoms with Gasteiger partial charge in [-0.05, 0) is 38.7 Å². The Morgan fingerprint density at radius 3 is 2.53 bits per heavy atom. The predicted molar refractivity (Wildman–Crippen MR) is 70.2 cm³/mol. The van der Waals surface area contributed by atoms with Crippen LogP contribution in [-0.2, 0) is 6.18 Å². The molecule has 0 aromatic heterocycles. The molecule has 2 N–H and O–H groups in total. The lowest BCUT2D eigenvalue weighted by atomic mass is 10.1. The topological polar surface area (TPSA) is 32.5 Å². The first-order valence-corrected chi connectivity index (χ1v) is 6.17. The third-order valence-corrected chi connectivity index (χ3v) is 3.60. The van der Waals surface area contributed by atoms with Crippen molar-refractivity contribution in [1.29, 1.82) is 0 Å². The van der Waals surface area contributed by atoms with E-state index in [4.69, 9.17) is 5.73 Å². The second-order valence-corrected chi connectivity index (χ2v) is 5.12. The molecule has 1 fully saturated rings. The quantitative estimate of drug-likeness (QED) is 0.840. The van der Waals surface area contributed by atoms with E-state index < -0.39 is 11.7 Å². The van der Waals surface area contributed by atoms with Crippen molar-refractivity contribution in [3.8, 4) is 0 Å². The van der Waals surface area contributed by atoms with Crippen LogP contribution < -0.4 is 10.6 Å². The van der Waals surface area contributed by atoms with Crippen molar-refractivity contribution in [3.63, 3.8) is 0 Å². The van der Waals surface area contributed by atoms with Crippen molar-refractivity contribution in [1.82, 2.24) is 4.90 Å². The first-order valence-electron chi connectivity index (χ1n) is 6.17. The van der Waals surface area contributed by atoms with Crippen LogP contribution in [0.1, 0.15) is 12.0 Å². The largest absolute Gasteiger partial charge is 0.418 e. The summed E-state index contributed by atoms with van der Waals surface area (Å²) in [6, 6.07) is 4.52. The molecule has 6 heteroatoms. The second-order valence-electron chi connectivity index (χ2n) is 5.12. The molecular formula is C13H18F3N3. The highest BCUT2D eigenvalue weighted by molar-refractivity contribution is 5.60. The maximum Gasteiger partial charge on any atom is 0.418 e. The van der Waals surface area contributed by atoms with Gasteiger partial charge < -0.3 is 15.5 Å². The van der Waals surface area contributed by atoms with E-state index in [1.807, 2.05) is 19.0 Å². The first-order chi connectivity index (χ1) is 8.79. The van der Waals surface area contributed by atoms with Gasteiger partial charge in [0, 0.05) is 30.5 Å². The smallest absolute Gasteiger partial charge is 0.398 e. The summed E-state index contributed by atoms with van der Waals surface area (Å²) in [6.07, 6.45) is -3.44. The molecule has 1 aromatic rings. The number of nitrogens with two attached hydrogens (primary N) is 1. The van der Waals surface area contributed by atoms with Crippen molar-refractivity contribution in [2.24, 2.45) is 0 Å². The number of halogens is 3. The van der Waals surface area contributed by atoms with Gasteiger partial charge in [0.1, 0.15) is 0 Å². The molecule has 1 saturated heterocycles. The third-order valence-electron chi connectivity index (χ3n) is 3.60. The molecule has 0 aliphatic carbocycles. The Hall–Kier alpha value is -1.43. The molecule has 0 unspecified atom stereocenters. The van der Waals surface area contributed by atoms with E-state index in [0.29, 0.717) is 11.7 Å². The van der Waals surface area contributed by atoms with Crippen LogP contribution in [0.4, 0.5) is 24.5 Å². The van der Waals surface area contributed by atoms with Gasteiger partial charge in [0.15, 0.2) is 0 Å². The van der Waals surface area contributed by atoms with E-state index >= 15 is 0 Å². The van der Waals surface area contributed by atoms with E-state index in [0.717, 1.165) is 25.6 Å². The van der Waals surface area contributed by atoms with E-state index in [9.17, 15) is 13.2 Å². The van der Waals surface area contributed by atoms with Crippen LogP contribution in [-0.4, -0.2) is 38.1 Å². The molecule has 0 bridgehead atoms. The summed E-state index contributed by atoms with van der Waals surface area (Å²) >= 11 is 0. The van der Waals surface area contributed by atoms with Crippen molar-refractivity contribution in [3.05, 3.63) is 23.8 Å². The molecule has 1 aliphatic rings. The van der Waals surface area contributed by atoms with E-state index in [-0.39, 0.29) is 5.69 Å². The van der Waals surface area contributed by atoms with Gasteiger partial charge in [-0.3, -0.25) is 0 Å². The molecule has 1 atom stereocenters. The van der Waals surface area contributed by atoms with Crippen molar-refractivity contribution < 1.29 is 13.2 Å². The summed E-state index contributed by atoms with van der Waals surface area (Å²) in [5.74, 6) is 0. The summed E-state index contributed by atoms with van der Waals surface area (Å²) < 4.78 is 38.4. The number of hydrogen-bond donors (Lipinski definition) is 1. The number of anilines is 2. The minimum absolute atomic E-state index is 0.223. The van der Waals surface area contributed by atoms with Crippen LogP contribution in [0, 0.1) is 0 Å². The second kappa shape index (κ2) is 4.92. The van der Waals surface area contributed by atoms with Crippen LogP contribution in [0.15, 0.2) is 18.2 Å². The van der Waals surface area contributed by atoms with E-state index in [1.54, 1.807) is 6.07 Å². The summed E-state index contributed by atoms with van der Waals surface area (Å²) in [5, 5.41) is 0. The van der Waals surface area contributed by atoms with Crippen LogP contribution >= 0.6 is 0 Å². The zero-order valence-corrected chi connectivity index (χ0v) is 11.0. The molecule has 106 valence electrons. The monoisotopic (exact) mass is 273 g/mol. The summed E-state index contributed by atoms with van der Waals surface area (Å²) in [4.78, 5) is 4.07. The Bertz CT molecular complexity index is 457. The maximum atomic E-state index is 12.8. The lowest BCUT2D eigenvalue weighted by Gasteiger charge is -2.23. The van der Waals surface area contributed by atoms with E-state index in [1.165, 1.54) is 6.07 Å². The molecule has 0 amide bonds. The SMILES string of the molecule is CN(C)[C@@H]1CCN(c2ccc(N)c(C(F)(F)F)c2)C1. The van der Waals surface area contributed by atoms with Crippen molar-refractivity contribution in [2.45, 2.75) is 18.6 Å². The molecule has 0 saturated carbocycles. The number of rotatable bonds is 2. The lowest BCUT2D eigenvalue weighted by Crippen LogP contribution is -2.31. The fourth-order valence-corrected chi connectivity index (χ4v) is 2.38. The molecule has 19 heavy (non-hydrogen) atoms. The average molecular weight is 273 g/mol. The number of likely N-dealkylation sites (N-methyl/N-ethyl adjacent to an activating group) is 1. The number of benzene rings is 1. The molecular weight excluding hydrogens is 255 g/mol. The Morgan fingerprint density at radius 1 is 1.32 bits per heavy atom. The molecule has 1 heterocycles. The van der Waals surface area contributed by atoms with Gasteiger partial charge in [-0.15, -0.1) is 0 Å². The predicted octanol–water partition coefficient (Wildman–Crippen LogP) is 2.43. The highest BCUT2D eigenvalue weighted by atomic mass is 19.4. The fraction of sp³-hybridized carbons (Fsp3) is 0.538. The lowest BCUT2D eigenvalue weighted by molar-refractivity contribution is -0.136. The van der Waals surface area contributed by atoms with Gasteiger partial charge in [-0.25, -0.2) is 0 Å². The molecule has 0 spiro atoms. The molecule has 1 aromatic carbocycles. The van der Waals surface area contributed by atoms with Crippen LogP contribution in [0.25, 0.3) is 0 Å². The normalized spacial score (nSPS) is 20.3. The fourth-order valence-electron chi connectivity index (χ4n) is 2.38. The Kier molecular flexibility index (Phi) is 3.62.